The highest BCUT2D eigenvalue weighted by Crippen LogP contribution is 2.11. The predicted molar refractivity (Wildman–Crippen MR) is 41.7 cm³/mol. The molecule has 0 fully saturated rings. The molecule has 2 N–H and O–H groups in total. The lowest BCUT2D eigenvalue weighted by Gasteiger charge is -1.93. The van der Waals surface area contributed by atoms with Crippen LogP contribution in [0.1, 0.15) is 18.1 Å². The first-order valence-corrected chi connectivity index (χ1v) is 3.42. The average molecular weight is 153 g/mol. The summed E-state index contributed by atoms with van der Waals surface area (Å²) in [6, 6.07) is 0. The highest BCUT2D eigenvalue weighted by molar-refractivity contribution is 5.55. The Bertz CT molecular complexity index is 254. The third kappa shape index (κ3) is 1.88. The van der Waals surface area contributed by atoms with Crippen molar-refractivity contribution in [1.29, 1.82) is 0 Å². The first-order valence-electron chi connectivity index (χ1n) is 3.42. The zero-order chi connectivity index (χ0) is 8.27. The molecule has 0 aliphatic carbocycles. The van der Waals surface area contributed by atoms with Crippen molar-refractivity contribution in [3.05, 3.63) is 18.3 Å². The summed E-state index contributed by atoms with van der Waals surface area (Å²) in [4.78, 5) is 4.00. The molecule has 1 rings (SSSR count). The van der Waals surface area contributed by atoms with E-state index in [1.165, 1.54) is 0 Å². The summed E-state index contributed by atoms with van der Waals surface area (Å²) in [5.41, 5.74) is 6.12. The smallest absolute Gasteiger partial charge is 0.253 e. The van der Waals surface area contributed by atoms with E-state index in [9.17, 15) is 0 Å². The number of hydrogen-bond acceptors (Lipinski definition) is 4. The van der Waals surface area contributed by atoms with Gasteiger partial charge >= 0.3 is 0 Å². The number of nitrogens with zero attached hydrogens (tertiary/aromatic N) is 2. The number of aryl methyl sites for hydroxylation is 1. The van der Waals surface area contributed by atoms with Gasteiger partial charge in [0.2, 0.25) is 0 Å². The minimum Gasteiger partial charge on any atom is -0.334 e. The second kappa shape index (κ2) is 3.30. The molecule has 0 atom stereocenters. The van der Waals surface area contributed by atoms with Crippen LogP contribution in [0.3, 0.4) is 0 Å². The normalized spacial score (nSPS) is 10.0. The Balaban J connectivity index is 2.69. The highest BCUT2D eigenvalue weighted by atomic mass is 16.5. The quantitative estimate of drug-likeness (QED) is 0.695. The number of rotatable bonds is 3. The summed E-state index contributed by atoms with van der Waals surface area (Å²) in [6.07, 6.45) is 0.696. The molecular formula is C7H11N3O. The van der Waals surface area contributed by atoms with Crippen LogP contribution in [0.5, 0.6) is 0 Å². The van der Waals surface area contributed by atoms with Crippen LogP contribution < -0.4 is 5.73 Å². The third-order valence-electron chi connectivity index (χ3n) is 1.28. The zero-order valence-corrected chi connectivity index (χ0v) is 6.50. The van der Waals surface area contributed by atoms with Gasteiger partial charge in [0.05, 0.1) is 0 Å². The van der Waals surface area contributed by atoms with E-state index in [1.807, 2.05) is 0 Å². The third-order valence-corrected chi connectivity index (χ3v) is 1.28. The van der Waals surface area contributed by atoms with E-state index in [-0.39, 0.29) is 0 Å². The number of aromatic nitrogens is 2. The number of hydrogen-bond donors (Lipinski definition) is 1. The fourth-order valence-electron chi connectivity index (χ4n) is 0.722. The van der Waals surface area contributed by atoms with Crippen molar-refractivity contribution >= 4 is 5.57 Å². The van der Waals surface area contributed by atoms with E-state index in [0.717, 1.165) is 5.57 Å². The lowest BCUT2D eigenvalue weighted by molar-refractivity contribution is 0.401. The molecular weight excluding hydrogens is 142 g/mol. The first-order chi connectivity index (χ1) is 5.24. The van der Waals surface area contributed by atoms with E-state index in [1.54, 1.807) is 6.92 Å². The Labute approximate surface area is 65.1 Å². The largest absolute Gasteiger partial charge is 0.334 e. The van der Waals surface area contributed by atoms with E-state index in [2.05, 4.69) is 16.7 Å². The maximum absolute atomic E-state index is 5.32. The van der Waals surface area contributed by atoms with Crippen molar-refractivity contribution in [1.82, 2.24) is 10.1 Å². The van der Waals surface area contributed by atoms with Crippen molar-refractivity contribution < 1.29 is 4.52 Å². The Morgan fingerprint density at radius 1 is 1.73 bits per heavy atom. The molecule has 0 unspecified atom stereocenters. The molecule has 1 aromatic rings. The fourth-order valence-corrected chi connectivity index (χ4v) is 0.722. The van der Waals surface area contributed by atoms with Crippen LogP contribution in [0.4, 0.5) is 0 Å². The SMILES string of the molecule is C=C(CCN)c1nc(C)no1. The van der Waals surface area contributed by atoms with Gasteiger partial charge in [-0.25, -0.2) is 0 Å². The molecule has 0 bridgehead atoms. The van der Waals surface area contributed by atoms with Crippen LogP contribution in [0.25, 0.3) is 5.57 Å². The summed E-state index contributed by atoms with van der Waals surface area (Å²) in [7, 11) is 0. The maximum Gasteiger partial charge on any atom is 0.253 e. The zero-order valence-electron chi connectivity index (χ0n) is 6.50. The van der Waals surface area contributed by atoms with Gasteiger partial charge in [0.25, 0.3) is 5.89 Å². The van der Waals surface area contributed by atoms with Gasteiger partial charge in [-0.2, -0.15) is 4.98 Å². The lowest BCUT2D eigenvalue weighted by Crippen LogP contribution is -1.99. The van der Waals surface area contributed by atoms with Gasteiger partial charge in [0.1, 0.15) is 0 Å². The van der Waals surface area contributed by atoms with Crippen molar-refractivity contribution in [2.45, 2.75) is 13.3 Å². The van der Waals surface area contributed by atoms with Crippen LogP contribution in [0.2, 0.25) is 0 Å². The Morgan fingerprint density at radius 2 is 2.45 bits per heavy atom. The molecule has 0 saturated carbocycles. The molecule has 0 saturated heterocycles. The second-order valence-electron chi connectivity index (χ2n) is 2.29. The monoisotopic (exact) mass is 153 g/mol. The van der Waals surface area contributed by atoms with Crippen LogP contribution in [-0.2, 0) is 0 Å². The van der Waals surface area contributed by atoms with Crippen molar-refractivity contribution in [2.75, 3.05) is 6.54 Å². The minimum absolute atomic E-state index is 0.493. The fraction of sp³-hybridized carbons (Fsp3) is 0.429. The van der Waals surface area contributed by atoms with Gasteiger partial charge in [-0.05, 0) is 19.9 Å². The van der Waals surface area contributed by atoms with Gasteiger partial charge in [-0.3, -0.25) is 0 Å². The molecule has 4 heteroatoms. The molecule has 60 valence electrons. The summed E-state index contributed by atoms with van der Waals surface area (Å²) in [5, 5.41) is 3.63. The predicted octanol–water partition coefficient (Wildman–Crippen LogP) is 0.740. The summed E-state index contributed by atoms with van der Waals surface area (Å²) in [6.45, 7) is 6.07. The molecule has 4 nitrogen and oxygen atoms in total. The van der Waals surface area contributed by atoms with E-state index in [4.69, 9.17) is 10.3 Å². The highest BCUT2D eigenvalue weighted by Gasteiger charge is 2.05. The van der Waals surface area contributed by atoms with Crippen molar-refractivity contribution in [3.63, 3.8) is 0 Å². The molecule has 0 aromatic carbocycles. The Morgan fingerprint density at radius 3 is 2.91 bits per heavy atom. The van der Waals surface area contributed by atoms with Crippen LogP contribution >= 0.6 is 0 Å². The van der Waals surface area contributed by atoms with Crippen molar-refractivity contribution in [3.8, 4) is 0 Å². The number of nitrogens with two attached hydrogens (primary N) is 1. The standard InChI is InChI=1S/C7H11N3O/c1-5(3-4-8)7-9-6(2)10-11-7/h1,3-4,8H2,2H3. The average Bonchev–Trinajstić information content (AvgIpc) is 2.36. The maximum atomic E-state index is 5.32. The van der Waals surface area contributed by atoms with E-state index >= 15 is 0 Å². The topological polar surface area (TPSA) is 64.9 Å². The molecule has 1 heterocycles. The van der Waals surface area contributed by atoms with Gasteiger partial charge in [0.15, 0.2) is 5.82 Å². The summed E-state index contributed by atoms with van der Waals surface area (Å²) >= 11 is 0. The molecule has 0 radical (unpaired) electrons. The molecule has 0 spiro atoms. The van der Waals surface area contributed by atoms with Gasteiger partial charge in [-0.15, -0.1) is 0 Å². The molecule has 11 heavy (non-hydrogen) atoms. The van der Waals surface area contributed by atoms with E-state index < -0.39 is 0 Å². The minimum atomic E-state index is 0.493. The van der Waals surface area contributed by atoms with Crippen LogP contribution in [0.15, 0.2) is 11.1 Å². The van der Waals surface area contributed by atoms with Crippen molar-refractivity contribution in [2.24, 2.45) is 5.73 Å². The van der Waals surface area contributed by atoms with E-state index in [0.29, 0.717) is 24.7 Å². The van der Waals surface area contributed by atoms with Gasteiger partial charge in [-0.1, -0.05) is 11.7 Å². The second-order valence-corrected chi connectivity index (χ2v) is 2.29. The summed E-state index contributed by atoms with van der Waals surface area (Å²) < 4.78 is 4.86. The molecule has 0 aliphatic heterocycles. The van der Waals surface area contributed by atoms with Gasteiger partial charge < -0.3 is 10.3 Å². The molecule has 0 aliphatic rings. The first kappa shape index (κ1) is 7.94. The van der Waals surface area contributed by atoms with Gasteiger partial charge in [0, 0.05) is 5.57 Å². The Hall–Kier alpha value is -1.16. The molecule has 0 amide bonds. The molecule has 1 aromatic heterocycles. The van der Waals surface area contributed by atoms with Crippen LogP contribution in [0, 0.1) is 6.92 Å². The lowest BCUT2D eigenvalue weighted by atomic mass is 10.2. The summed E-state index contributed by atoms with van der Waals surface area (Å²) in [5.74, 6) is 1.12. The van der Waals surface area contributed by atoms with Crippen LogP contribution in [-0.4, -0.2) is 16.7 Å². The Kier molecular flexibility index (Phi) is 2.38.